The van der Waals surface area contributed by atoms with Crippen LogP contribution in [-0.4, -0.2) is 62.4 Å². The fraction of sp³-hybridized carbons (Fsp3) is 0.480. The van der Waals surface area contributed by atoms with E-state index >= 15 is 0 Å². The predicted octanol–water partition coefficient (Wildman–Crippen LogP) is 2.63. The molecular formula is C25H27N3O6. The van der Waals surface area contributed by atoms with Crippen molar-refractivity contribution < 1.29 is 28.5 Å². The second-order valence-electron chi connectivity index (χ2n) is 9.48. The van der Waals surface area contributed by atoms with Crippen LogP contribution in [0.3, 0.4) is 0 Å². The van der Waals surface area contributed by atoms with E-state index in [0.29, 0.717) is 33.7 Å². The second kappa shape index (κ2) is 6.93. The lowest BCUT2D eigenvalue weighted by molar-refractivity contribution is -0.143. The molecule has 1 aromatic heterocycles. The maximum Gasteiger partial charge on any atom is 0.339 e. The van der Waals surface area contributed by atoms with E-state index in [4.69, 9.17) is 23.9 Å². The number of fused-ring (bicyclic) bond motifs is 8. The molecule has 1 unspecified atom stereocenters. The van der Waals surface area contributed by atoms with Gasteiger partial charge in [-0.05, 0) is 31.1 Å². The number of piperidine rings is 1. The normalized spacial score (nSPS) is 32.3. The first kappa shape index (κ1) is 21.4. The van der Waals surface area contributed by atoms with Crippen molar-refractivity contribution in [1.82, 2.24) is 10.3 Å². The van der Waals surface area contributed by atoms with Gasteiger partial charge in [0.1, 0.15) is 5.52 Å². The first-order valence-electron chi connectivity index (χ1n) is 11.5. The highest BCUT2D eigenvalue weighted by molar-refractivity contribution is 6.30. The highest BCUT2D eigenvalue weighted by atomic mass is 16.6. The lowest BCUT2D eigenvalue weighted by Gasteiger charge is -2.43. The number of hydrogen-bond acceptors (Lipinski definition) is 9. The van der Waals surface area contributed by atoms with Crippen molar-refractivity contribution in [3.05, 3.63) is 29.0 Å². The van der Waals surface area contributed by atoms with E-state index in [0.717, 1.165) is 24.2 Å². The standard InChI is InChI=1S/C25H27N3O6/c1-6-25-8-7-13-11(20(25)26-10-14-22(25)34-14)9-12-15-17(19(32-4)18(31-3)16(12)27-13)28-24(2,21(15)29)23(30)33-5/h7-9,14,20,22,26,28H,6,10H2,1-5H3/t14-,20-,22-,24+,25?/m0/s1. The average molecular weight is 466 g/mol. The van der Waals surface area contributed by atoms with Crippen LogP contribution < -0.4 is 20.1 Å². The van der Waals surface area contributed by atoms with Gasteiger partial charge >= 0.3 is 5.97 Å². The highest BCUT2D eigenvalue weighted by Crippen LogP contribution is 2.57. The molecule has 6 rings (SSSR count). The van der Waals surface area contributed by atoms with Crippen LogP contribution in [0.25, 0.3) is 17.0 Å². The molecule has 3 aliphatic heterocycles. The van der Waals surface area contributed by atoms with Crippen LogP contribution in [0.1, 0.15) is 47.9 Å². The third-order valence-electron chi connectivity index (χ3n) is 7.96. The molecule has 9 heteroatoms. The van der Waals surface area contributed by atoms with E-state index in [1.807, 2.05) is 12.1 Å². The molecule has 0 amide bonds. The van der Waals surface area contributed by atoms with Gasteiger partial charge < -0.3 is 29.6 Å². The number of aromatic nitrogens is 1. The first-order chi connectivity index (χ1) is 16.3. The molecule has 34 heavy (non-hydrogen) atoms. The minimum Gasteiger partial charge on any atom is -0.491 e. The lowest BCUT2D eigenvalue weighted by Crippen LogP contribution is -2.48. The Morgan fingerprint density at radius 1 is 1.26 bits per heavy atom. The second-order valence-corrected chi connectivity index (χ2v) is 9.48. The zero-order valence-corrected chi connectivity index (χ0v) is 19.8. The Kier molecular flexibility index (Phi) is 4.35. The summed E-state index contributed by atoms with van der Waals surface area (Å²) >= 11 is 0. The number of nitrogens with one attached hydrogen (secondary N) is 2. The molecule has 2 aromatic rings. The molecule has 2 fully saturated rings. The minimum atomic E-state index is -1.58. The van der Waals surface area contributed by atoms with Gasteiger partial charge in [-0.25, -0.2) is 9.78 Å². The Balaban J connectivity index is 1.63. The Hall–Kier alpha value is -3.17. The number of ketones is 1. The number of benzene rings is 1. The van der Waals surface area contributed by atoms with Crippen LogP contribution in [-0.2, 0) is 14.3 Å². The number of methoxy groups -OCH3 is 3. The number of anilines is 1. The summed E-state index contributed by atoms with van der Waals surface area (Å²) in [7, 11) is 4.29. The van der Waals surface area contributed by atoms with E-state index in [9.17, 15) is 9.59 Å². The first-order valence-corrected chi connectivity index (χ1v) is 11.5. The zero-order chi connectivity index (χ0) is 24.0. The number of Topliss-reactive ketones (excluding diaryl/α,β-unsaturated/α-hetero) is 1. The number of nitrogens with zero attached hydrogens (tertiary/aromatic N) is 1. The van der Waals surface area contributed by atoms with Crippen molar-refractivity contribution in [2.45, 2.75) is 44.1 Å². The molecule has 4 heterocycles. The fourth-order valence-corrected chi connectivity index (χ4v) is 6.09. The number of carbonyl (C=O) groups is 2. The van der Waals surface area contributed by atoms with Gasteiger partial charge in [-0.1, -0.05) is 13.0 Å². The van der Waals surface area contributed by atoms with Crippen LogP contribution in [0.5, 0.6) is 11.5 Å². The number of pyridine rings is 1. The molecule has 5 atom stereocenters. The summed E-state index contributed by atoms with van der Waals surface area (Å²) < 4.78 is 22.3. The van der Waals surface area contributed by atoms with Crippen LogP contribution >= 0.6 is 0 Å². The van der Waals surface area contributed by atoms with Crippen LogP contribution in [0.2, 0.25) is 0 Å². The Morgan fingerprint density at radius 3 is 2.71 bits per heavy atom. The molecule has 0 spiro atoms. The molecule has 1 aromatic carbocycles. The molecular weight excluding hydrogens is 438 g/mol. The van der Waals surface area contributed by atoms with Gasteiger partial charge in [0.25, 0.3) is 0 Å². The van der Waals surface area contributed by atoms with Gasteiger partial charge in [-0.3, -0.25) is 4.79 Å². The van der Waals surface area contributed by atoms with E-state index < -0.39 is 17.3 Å². The predicted molar refractivity (Wildman–Crippen MR) is 124 cm³/mol. The summed E-state index contributed by atoms with van der Waals surface area (Å²) in [6, 6.07) is 2.01. The largest absolute Gasteiger partial charge is 0.491 e. The van der Waals surface area contributed by atoms with Gasteiger partial charge in [0, 0.05) is 23.4 Å². The maximum atomic E-state index is 13.7. The number of carbonyl (C=O) groups excluding carboxylic acids is 2. The van der Waals surface area contributed by atoms with Crippen molar-refractivity contribution in [2.24, 2.45) is 5.41 Å². The Bertz CT molecular complexity index is 1310. The maximum absolute atomic E-state index is 13.7. The summed E-state index contributed by atoms with van der Waals surface area (Å²) in [6.45, 7) is 4.46. The molecule has 0 bridgehead atoms. The third-order valence-corrected chi connectivity index (χ3v) is 7.96. The van der Waals surface area contributed by atoms with E-state index in [2.05, 4.69) is 23.6 Å². The van der Waals surface area contributed by atoms with Gasteiger partial charge in [0.05, 0.1) is 50.5 Å². The van der Waals surface area contributed by atoms with Gasteiger partial charge in [-0.15, -0.1) is 0 Å². The van der Waals surface area contributed by atoms with Crippen molar-refractivity contribution in [3.63, 3.8) is 0 Å². The SMILES string of the molecule is CCC12C=Cc3nc4c(OC)c(OC)c5c(c4cc3[C@@H]1NC[C@@H]1O[C@@H]12)C(=O)[C@](C)(C(=O)OC)N5. The smallest absolute Gasteiger partial charge is 0.339 e. The summed E-state index contributed by atoms with van der Waals surface area (Å²) in [6.07, 6.45) is 5.57. The summed E-state index contributed by atoms with van der Waals surface area (Å²) in [5.41, 5.74) is 1.32. The number of rotatable bonds is 4. The molecule has 0 saturated carbocycles. The molecule has 9 nitrogen and oxygen atoms in total. The molecule has 2 N–H and O–H groups in total. The number of esters is 1. The van der Waals surface area contributed by atoms with E-state index in [1.165, 1.54) is 28.3 Å². The van der Waals surface area contributed by atoms with Crippen molar-refractivity contribution in [1.29, 1.82) is 0 Å². The fourth-order valence-electron chi connectivity index (χ4n) is 6.09. The monoisotopic (exact) mass is 465 g/mol. The quantitative estimate of drug-likeness (QED) is 0.400. The van der Waals surface area contributed by atoms with Crippen LogP contribution in [0.15, 0.2) is 12.1 Å². The molecule has 178 valence electrons. The van der Waals surface area contributed by atoms with Crippen molar-refractivity contribution >= 4 is 34.4 Å². The van der Waals surface area contributed by atoms with Gasteiger partial charge in [-0.2, -0.15) is 0 Å². The van der Waals surface area contributed by atoms with Crippen LogP contribution in [0.4, 0.5) is 5.69 Å². The van der Waals surface area contributed by atoms with E-state index in [1.54, 1.807) is 0 Å². The summed E-state index contributed by atoms with van der Waals surface area (Å²) in [5.74, 6) is -0.340. The Labute approximate surface area is 196 Å². The number of hydrogen-bond donors (Lipinski definition) is 2. The van der Waals surface area contributed by atoms with Gasteiger partial charge in [0.2, 0.25) is 5.78 Å². The molecule has 2 saturated heterocycles. The zero-order valence-electron chi connectivity index (χ0n) is 19.8. The average Bonchev–Trinajstić information content (AvgIpc) is 3.61. The van der Waals surface area contributed by atoms with Crippen LogP contribution in [0, 0.1) is 5.41 Å². The van der Waals surface area contributed by atoms with E-state index in [-0.39, 0.29) is 23.7 Å². The lowest BCUT2D eigenvalue weighted by atomic mass is 9.66. The topological polar surface area (TPSA) is 111 Å². The molecule has 0 radical (unpaired) electrons. The number of ether oxygens (including phenoxy) is 4. The highest BCUT2D eigenvalue weighted by Gasteiger charge is 2.61. The Morgan fingerprint density at radius 2 is 2.03 bits per heavy atom. The molecule has 4 aliphatic rings. The number of epoxide rings is 1. The van der Waals surface area contributed by atoms with Crippen molar-refractivity contribution in [3.8, 4) is 11.5 Å². The third kappa shape index (κ3) is 2.43. The van der Waals surface area contributed by atoms with Gasteiger partial charge in [0.15, 0.2) is 17.0 Å². The summed E-state index contributed by atoms with van der Waals surface area (Å²) in [4.78, 5) is 31.3. The summed E-state index contributed by atoms with van der Waals surface area (Å²) in [5, 5.41) is 7.32. The molecule has 1 aliphatic carbocycles. The minimum absolute atomic E-state index is 0.00153. The van der Waals surface area contributed by atoms with Crippen molar-refractivity contribution in [2.75, 3.05) is 33.2 Å².